The van der Waals surface area contributed by atoms with Gasteiger partial charge in [0.25, 0.3) is 0 Å². The van der Waals surface area contributed by atoms with Gasteiger partial charge in [-0.15, -0.1) is 16.4 Å². The van der Waals surface area contributed by atoms with E-state index in [-0.39, 0.29) is 0 Å². The number of nitrogens with one attached hydrogen (secondary N) is 1. The summed E-state index contributed by atoms with van der Waals surface area (Å²) in [4.78, 5) is 5.73. The first-order chi connectivity index (χ1) is 7.75. The Labute approximate surface area is 98.3 Å². The van der Waals surface area contributed by atoms with Crippen molar-refractivity contribution in [1.82, 2.24) is 14.8 Å². The van der Waals surface area contributed by atoms with E-state index in [2.05, 4.69) is 40.7 Å². The highest BCUT2D eigenvalue weighted by Crippen LogP contribution is 2.30. The number of hydrogen-bond donors (Lipinski definition) is 1. The molecule has 1 unspecified atom stereocenters. The molecule has 0 spiro atoms. The van der Waals surface area contributed by atoms with E-state index >= 15 is 0 Å². The van der Waals surface area contributed by atoms with Crippen LogP contribution in [0.2, 0.25) is 0 Å². The van der Waals surface area contributed by atoms with Crippen LogP contribution in [0.4, 0.5) is 5.95 Å². The van der Waals surface area contributed by atoms with Crippen LogP contribution in [0.1, 0.15) is 24.9 Å². The maximum Gasteiger partial charge on any atom is 0.221 e. The third-order valence-electron chi connectivity index (χ3n) is 2.96. The van der Waals surface area contributed by atoms with Crippen molar-refractivity contribution in [3.05, 3.63) is 17.0 Å². The van der Waals surface area contributed by atoms with E-state index in [1.807, 2.05) is 4.68 Å². The van der Waals surface area contributed by atoms with Gasteiger partial charge in [0.15, 0.2) is 5.82 Å². The molecule has 1 atom stereocenters. The maximum atomic E-state index is 4.59. The third-order valence-corrected chi connectivity index (χ3v) is 3.97. The maximum absolute atomic E-state index is 4.59. The van der Waals surface area contributed by atoms with E-state index in [1.54, 1.807) is 11.3 Å². The predicted molar refractivity (Wildman–Crippen MR) is 65.9 cm³/mol. The molecular weight excluding hydrogens is 220 g/mol. The predicted octanol–water partition coefficient (Wildman–Crippen LogP) is 2.69. The Morgan fingerprint density at radius 1 is 1.56 bits per heavy atom. The highest BCUT2D eigenvalue weighted by Gasteiger charge is 2.20. The van der Waals surface area contributed by atoms with Gasteiger partial charge in [-0.1, -0.05) is 0 Å². The molecule has 0 saturated heterocycles. The summed E-state index contributed by atoms with van der Waals surface area (Å²) in [5, 5.41) is 9.96. The largest absolute Gasteiger partial charge is 0.354 e. The Bertz CT molecular complexity index is 514. The van der Waals surface area contributed by atoms with Crippen molar-refractivity contribution < 1.29 is 0 Å². The van der Waals surface area contributed by atoms with Crippen molar-refractivity contribution >= 4 is 17.3 Å². The normalized spacial score (nSPS) is 19.2. The number of anilines is 1. The Morgan fingerprint density at radius 2 is 2.44 bits per heavy atom. The van der Waals surface area contributed by atoms with E-state index in [0.717, 1.165) is 24.7 Å². The lowest BCUT2D eigenvalue weighted by Gasteiger charge is -2.20. The van der Waals surface area contributed by atoms with Gasteiger partial charge < -0.3 is 5.32 Å². The van der Waals surface area contributed by atoms with Gasteiger partial charge in [0, 0.05) is 6.54 Å². The van der Waals surface area contributed by atoms with Crippen molar-refractivity contribution in [2.75, 3.05) is 11.9 Å². The molecule has 2 aromatic heterocycles. The first-order valence-electron chi connectivity index (χ1n) is 5.50. The van der Waals surface area contributed by atoms with Gasteiger partial charge in [-0.25, -0.2) is 4.68 Å². The van der Waals surface area contributed by atoms with E-state index in [0.29, 0.717) is 6.04 Å². The highest BCUT2D eigenvalue weighted by atomic mass is 32.1. The Balaban J connectivity index is 2.08. The zero-order valence-electron chi connectivity index (χ0n) is 9.40. The van der Waals surface area contributed by atoms with E-state index in [9.17, 15) is 0 Å². The lowest BCUT2D eigenvalue weighted by atomic mass is 10.2. The Morgan fingerprint density at radius 3 is 3.12 bits per heavy atom. The second kappa shape index (κ2) is 3.59. The van der Waals surface area contributed by atoms with Gasteiger partial charge in [-0.2, -0.15) is 4.98 Å². The molecule has 1 aliphatic heterocycles. The summed E-state index contributed by atoms with van der Waals surface area (Å²) >= 11 is 1.70. The molecule has 3 rings (SSSR count). The van der Waals surface area contributed by atoms with Crippen LogP contribution >= 0.6 is 11.3 Å². The van der Waals surface area contributed by atoms with Crippen molar-refractivity contribution in [2.45, 2.75) is 26.3 Å². The molecule has 1 N–H and O–H groups in total. The van der Waals surface area contributed by atoms with Gasteiger partial charge in [0.2, 0.25) is 5.95 Å². The molecule has 0 saturated carbocycles. The summed E-state index contributed by atoms with van der Waals surface area (Å²) in [6.45, 7) is 5.27. The fourth-order valence-electron chi connectivity index (χ4n) is 1.96. The smallest absolute Gasteiger partial charge is 0.221 e. The fraction of sp³-hybridized carbons (Fsp3) is 0.455. The first-order valence-corrected chi connectivity index (χ1v) is 6.38. The van der Waals surface area contributed by atoms with Gasteiger partial charge in [0.1, 0.15) is 0 Å². The summed E-state index contributed by atoms with van der Waals surface area (Å²) in [6.07, 6.45) is 1.11. The van der Waals surface area contributed by atoms with E-state index in [4.69, 9.17) is 0 Å². The SMILES string of the molecule is Cc1ccsc1-c1nc2n(n1)C(C)CCN2. The minimum Gasteiger partial charge on any atom is -0.354 e. The number of thiophene rings is 1. The number of hydrogen-bond acceptors (Lipinski definition) is 4. The molecule has 1 aliphatic rings. The first kappa shape index (κ1) is 9.84. The van der Waals surface area contributed by atoms with Crippen LogP contribution in [-0.2, 0) is 0 Å². The fourth-order valence-corrected chi connectivity index (χ4v) is 2.82. The molecule has 0 amide bonds. The second-order valence-electron chi connectivity index (χ2n) is 4.20. The van der Waals surface area contributed by atoms with Crippen molar-refractivity contribution in [3.8, 4) is 10.7 Å². The number of aromatic nitrogens is 3. The van der Waals surface area contributed by atoms with Crippen LogP contribution < -0.4 is 5.32 Å². The molecule has 0 radical (unpaired) electrons. The van der Waals surface area contributed by atoms with Crippen molar-refractivity contribution in [2.24, 2.45) is 0 Å². The summed E-state index contributed by atoms with van der Waals surface area (Å²) in [5.41, 5.74) is 1.25. The molecule has 0 aliphatic carbocycles. The van der Waals surface area contributed by atoms with Crippen LogP contribution in [0, 0.1) is 6.92 Å². The third kappa shape index (κ3) is 1.43. The van der Waals surface area contributed by atoms with E-state index < -0.39 is 0 Å². The highest BCUT2D eigenvalue weighted by molar-refractivity contribution is 7.13. The summed E-state index contributed by atoms with van der Waals surface area (Å²) in [5.74, 6) is 1.75. The zero-order valence-corrected chi connectivity index (χ0v) is 10.2. The molecule has 5 heteroatoms. The minimum atomic E-state index is 0.442. The van der Waals surface area contributed by atoms with Crippen LogP contribution in [0.5, 0.6) is 0 Å². The van der Waals surface area contributed by atoms with E-state index in [1.165, 1.54) is 10.4 Å². The number of rotatable bonds is 1. The molecule has 0 fully saturated rings. The molecule has 0 bridgehead atoms. The van der Waals surface area contributed by atoms with Gasteiger partial charge in [-0.05, 0) is 37.3 Å². The molecule has 2 aromatic rings. The number of fused-ring (bicyclic) bond motifs is 1. The molecule has 0 aromatic carbocycles. The molecule has 4 nitrogen and oxygen atoms in total. The summed E-state index contributed by atoms with van der Waals surface area (Å²) in [7, 11) is 0. The Kier molecular flexibility index (Phi) is 2.21. The van der Waals surface area contributed by atoms with Crippen LogP contribution in [0.25, 0.3) is 10.7 Å². The minimum absolute atomic E-state index is 0.442. The average Bonchev–Trinajstić information content (AvgIpc) is 2.84. The standard InChI is InChI=1S/C11H14N4S/c1-7-4-6-16-9(7)10-13-11-12-5-3-8(2)15(11)14-10/h4,6,8H,3,5H2,1-2H3,(H,12,13,14). The van der Waals surface area contributed by atoms with Gasteiger partial charge >= 0.3 is 0 Å². The number of aryl methyl sites for hydroxylation is 1. The molecular formula is C11H14N4S. The number of nitrogens with zero attached hydrogens (tertiary/aromatic N) is 3. The van der Waals surface area contributed by atoms with Gasteiger partial charge in [-0.3, -0.25) is 0 Å². The molecule has 3 heterocycles. The summed E-state index contributed by atoms with van der Waals surface area (Å²) < 4.78 is 2.00. The quantitative estimate of drug-likeness (QED) is 0.825. The lowest BCUT2D eigenvalue weighted by Crippen LogP contribution is -2.21. The second-order valence-corrected chi connectivity index (χ2v) is 5.12. The lowest BCUT2D eigenvalue weighted by molar-refractivity contribution is 0.452. The monoisotopic (exact) mass is 234 g/mol. The average molecular weight is 234 g/mol. The van der Waals surface area contributed by atoms with Gasteiger partial charge in [0.05, 0.1) is 10.9 Å². The molecule has 16 heavy (non-hydrogen) atoms. The van der Waals surface area contributed by atoms with Crippen molar-refractivity contribution in [1.29, 1.82) is 0 Å². The van der Waals surface area contributed by atoms with Crippen LogP contribution in [-0.4, -0.2) is 21.3 Å². The molecule has 84 valence electrons. The zero-order chi connectivity index (χ0) is 11.1. The topological polar surface area (TPSA) is 42.7 Å². The van der Waals surface area contributed by atoms with Crippen LogP contribution in [0.3, 0.4) is 0 Å². The van der Waals surface area contributed by atoms with Crippen LogP contribution in [0.15, 0.2) is 11.4 Å². The van der Waals surface area contributed by atoms with Crippen molar-refractivity contribution in [3.63, 3.8) is 0 Å². The summed E-state index contributed by atoms with van der Waals surface area (Å²) in [6, 6.07) is 2.55. The Hall–Kier alpha value is -1.36.